The highest BCUT2D eigenvalue weighted by atomic mass is 35.5. The number of benzene rings is 2. The summed E-state index contributed by atoms with van der Waals surface area (Å²) in [7, 11) is 1.34. The van der Waals surface area contributed by atoms with Crippen LogP contribution in [-0.2, 0) is 4.74 Å². The van der Waals surface area contributed by atoms with Crippen LogP contribution in [0.1, 0.15) is 10.4 Å². The zero-order valence-electron chi connectivity index (χ0n) is 13.7. The Hall–Kier alpha value is -2.83. The monoisotopic (exact) mass is 388 g/mol. The van der Waals surface area contributed by atoms with Crippen molar-refractivity contribution in [2.45, 2.75) is 0 Å². The Bertz CT molecular complexity index is 912. The first kappa shape index (κ1) is 18.0. The third-order valence-electron chi connectivity index (χ3n) is 3.43. The fourth-order valence-electron chi connectivity index (χ4n) is 2.17. The molecule has 0 spiro atoms. The second kappa shape index (κ2) is 8.03. The van der Waals surface area contributed by atoms with Crippen LogP contribution >= 0.6 is 23.2 Å². The van der Waals surface area contributed by atoms with Gasteiger partial charge >= 0.3 is 5.97 Å². The summed E-state index contributed by atoms with van der Waals surface area (Å²) in [5.41, 5.74) is 1.77. The molecule has 0 aliphatic rings. The van der Waals surface area contributed by atoms with Gasteiger partial charge in [0.1, 0.15) is 5.82 Å². The normalized spacial score (nSPS) is 10.3. The van der Waals surface area contributed by atoms with E-state index < -0.39 is 0 Å². The number of rotatable bonds is 5. The van der Waals surface area contributed by atoms with Gasteiger partial charge < -0.3 is 15.4 Å². The lowest BCUT2D eigenvalue weighted by atomic mass is 10.2. The van der Waals surface area contributed by atoms with E-state index in [9.17, 15) is 4.79 Å². The summed E-state index contributed by atoms with van der Waals surface area (Å²) >= 11 is 12.3. The molecular weight excluding hydrogens is 375 g/mol. The van der Waals surface area contributed by atoms with Crippen molar-refractivity contribution in [2.75, 3.05) is 17.7 Å². The molecule has 2 N–H and O–H groups in total. The highest BCUT2D eigenvalue weighted by Crippen LogP contribution is 2.31. The van der Waals surface area contributed by atoms with E-state index in [0.29, 0.717) is 33.1 Å². The highest BCUT2D eigenvalue weighted by Gasteiger charge is 2.08. The Morgan fingerprint density at radius 1 is 1.00 bits per heavy atom. The van der Waals surface area contributed by atoms with Crippen molar-refractivity contribution in [1.29, 1.82) is 0 Å². The second-order valence-corrected chi connectivity index (χ2v) is 6.00. The zero-order chi connectivity index (χ0) is 18.5. The minimum Gasteiger partial charge on any atom is -0.465 e. The van der Waals surface area contributed by atoms with E-state index in [1.54, 1.807) is 54.7 Å². The highest BCUT2D eigenvalue weighted by molar-refractivity contribution is 6.39. The predicted octanol–water partition coefficient (Wildman–Crippen LogP) is 5.06. The van der Waals surface area contributed by atoms with Gasteiger partial charge in [0, 0.05) is 11.9 Å². The Labute approximate surface area is 160 Å². The van der Waals surface area contributed by atoms with Crippen LogP contribution in [0, 0.1) is 0 Å². The number of halogens is 2. The van der Waals surface area contributed by atoms with Gasteiger partial charge in [-0.05, 0) is 42.5 Å². The van der Waals surface area contributed by atoms with Gasteiger partial charge in [-0.15, -0.1) is 0 Å². The van der Waals surface area contributed by atoms with Gasteiger partial charge in [0.05, 0.1) is 28.4 Å². The predicted molar refractivity (Wildman–Crippen MR) is 103 cm³/mol. The first-order chi connectivity index (χ1) is 12.6. The van der Waals surface area contributed by atoms with Gasteiger partial charge in [-0.3, -0.25) is 0 Å². The Balaban J connectivity index is 1.76. The molecular formula is C18H14Cl2N4O2. The number of carbonyl (C=O) groups excluding carboxylic acids is 1. The Kier molecular flexibility index (Phi) is 5.55. The Morgan fingerprint density at radius 2 is 1.69 bits per heavy atom. The molecule has 0 aliphatic carbocycles. The molecule has 0 fully saturated rings. The van der Waals surface area contributed by atoms with Crippen LogP contribution in [0.5, 0.6) is 0 Å². The molecule has 3 rings (SSSR count). The van der Waals surface area contributed by atoms with Gasteiger partial charge in [0.25, 0.3) is 0 Å². The quantitative estimate of drug-likeness (QED) is 0.595. The van der Waals surface area contributed by atoms with Gasteiger partial charge in [-0.25, -0.2) is 9.78 Å². The number of para-hydroxylation sites is 1. The van der Waals surface area contributed by atoms with Crippen LogP contribution in [0.3, 0.4) is 0 Å². The molecule has 0 saturated carbocycles. The molecule has 0 aliphatic heterocycles. The number of esters is 1. The van der Waals surface area contributed by atoms with Gasteiger partial charge in [-0.1, -0.05) is 29.3 Å². The molecule has 0 unspecified atom stereocenters. The van der Waals surface area contributed by atoms with Gasteiger partial charge in [-0.2, -0.15) is 4.98 Å². The van der Waals surface area contributed by atoms with E-state index in [2.05, 4.69) is 25.3 Å². The molecule has 8 heteroatoms. The maximum Gasteiger partial charge on any atom is 0.337 e. The van der Waals surface area contributed by atoms with Gasteiger partial charge in [0.2, 0.25) is 5.95 Å². The molecule has 26 heavy (non-hydrogen) atoms. The molecule has 0 atom stereocenters. The average Bonchev–Trinajstić information content (AvgIpc) is 2.65. The summed E-state index contributed by atoms with van der Waals surface area (Å²) < 4.78 is 4.68. The molecule has 6 nitrogen and oxygen atoms in total. The molecule has 1 aromatic heterocycles. The number of nitrogens with zero attached hydrogens (tertiary/aromatic N) is 2. The number of ether oxygens (including phenoxy) is 1. The van der Waals surface area contributed by atoms with Crippen molar-refractivity contribution in [1.82, 2.24) is 9.97 Å². The number of hydrogen-bond acceptors (Lipinski definition) is 6. The fourth-order valence-corrected chi connectivity index (χ4v) is 2.66. The summed E-state index contributed by atoms with van der Waals surface area (Å²) in [6.07, 6.45) is 1.60. The van der Waals surface area contributed by atoms with Crippen LogP contribution in [0.4, 0.5) is 23.1 Å². The van der Waals surface area contributed by atoms with E-state index in [1.807, 2.05) is 0 Å². The molecule has 0 saturated heterocycles. The second-order valence-electron chi connectivity index (χ2n) is 5.18. The van der Waals surface area contributed by atoms with E-state index in [1.165, 1.54) is 7.11 Å². The van der Waals surface area contributed by atoms with Crippen LogP contribution in [0.15, 0.2) is 54.7 Å². The SMILES string of the molecule is COC(=O)c1ccc(Nc2ccnc(Nc3c(Cl)cccc3Cl)n2)cc1. The molecule has 3 aromatic rings. The zero-order valence-corrected chi connectivity index (χ0v) is 15.2. The lowest BCUT2D eigenvalue weighted by molar-refractivity contribution is 0.0601. The summed E-state index contributed by atoms with van der Waals surface area (Å²) in [6, 6.07) is 13.8. The number of carbonyl (C=O) groups is 1. The first-order valence-electron chi connectivity index (χ1n) is 7.56. The first-order valence-corrected chi connectivity index (χ1v) is 8.32. The van der Waals surface area contributed by atoms with Crippen molar-refractivity contribution in [2.24, 2.45) is 0 Å². The number of nitrogens with one attached hydrogen (secondary N) is 2. The smallest absolute Gasteiger partial charge is 0.337 e. The largest absolute Gasteiger partial charge is 0.465 e. The molecule has 0 bridgehead atoms. The third-order valence-corrected chi connectivity index (χ3v) is 4.06. The molecule has 0 radical (unpaired) electrons. The minimum absolute atomic E-state index is 0.344. The van der Waals surface area contributed by atoms with E-state index in [0.717, 1.165) is 5.69 Å². The van der Waals surface area contributed by atoms with Crippen molar-refractivity contribution in [3.8, 4) is 0 Å². The number of methoxy groups -OCH3 is 1. The Morgan fingerprint density at radius 3 is 2.35 bits per heavy atom. The number of hydrogen-bond donors (Lipinski definition) is 2. The summed E-state index contributed by atoms with van der Waals surface area (Å²) in [4.78, 5) is 20.0. The molecule has 0 amide bonds. The summed E-state index contributed by atoms with van der Waals surface area (Å²) in [6.45, 7) is 0. The molecule has 132 valence electrons. The van der Waals surface area contributed by atoms with Crippen LogP contribution in [0.25, 0.3) is 0 Å². The standard InChI is InChI=1S/C18H14Cl2N4O2/c1-26-17(25)11-5-7-12(8-6-11)22-15-9-10-21-18(23-15)24-16-13(19)3-2-4-14(16)20/h2-10H,1H3,(H2,21,22,23,24). The average molecular weight is 389 g/mol. The maximum absolute atomic E-state index is 11.5. The molecule has 2 aromatic carbocycles. The van der Waals surface area contributed by atoms with E-state index >= 15 is 0 Å². The van der Waals surface area contributed by atoms with Crippen molar-refractivity contribution >= 4 is 52.3 Å². The topological polar surface area (TPSA) is 76.1 Å². The number of aromatic nitrogens is 2. The third kappa shape index (κ3) is 4.22. The van der Waals surface area contributed by atoms with Crippen LogP contribution in [0.2, 0.25) is 10.0 Å². The lowest BCUT2D eigenvalue weighted by Crippen LogP contribution is -2.02. The summed E-state index contributed by atoms with van der Waals surface area (Å²) in [5.74, 6) is 0.523. The lowest BCUT2D eigenvalue weighted by Gasteiger charge is -2.11. The maximum atomic E-state index is 11.5. The van der Waals surface area contributed by atoms with Crippen LogP contribution in [-0.4, -0.2) is 23.0 Å². The molecule has 1 heterocycles. The van der Waals surface area contributed by atoms with Crippen LogP contribution < -0.4 is 10.6 Å². The number of anilines is 4. The fraction of sp³-hybridized carbons (Fsp3) is 0.0556. The van der Waals surface area contributed by atoms with E-state index in [4.69, 9.17) is 23.2 Å². The summed E-state index contributed by atoms with van der Waals surface area (Å²) in [5, 5.41) is 7.09. The van der Waals surface area contributed by atoms with Crippen molar-refractivity contribution in [3.05, 3.63) is 70.3 Å². The van der Waals surface area contributed by atoms with Crippen molar-refractivity contribution in [3.63, 3.8) is 0 Å². The van der Waals surface area contributed by atoms with Gasteiger partial charge in [0.15, 0.2) is 0 Å². The van der Waals surface area contributed by atoms with Crippen molar-refractivity contribution < 1.29 is 9.53 Å². The minimum atomic E-state index is -0.387. The van der Waals surface area contributed by atoms with E-state index in [-0.39, 0.29) is 5.97 Å².